The third-order valence-corrected chi connectivity index (χ3v) is 5.54. The summed E-state index contributed by atoms with van der Waals surface area (Å²) < 4.78 is 2.40. The molecule has 1 aromatic carbocycles. The molecule has 25 heavy (non-hydrogen) atoms. The van der Waals surface area contributed by atoms with E-state index in [1.165, 1.54) is 54.7 Å². The second-order valence-corrected chi connectivity index (χ2v) is 7.38. The minimum Gasteiger partial charge on any atom is -0.296 e. The number of nitrogens with zero attached hydrogens (tertiary/aromatic N) is 3. The van der Waals surface area contributed by atoms with Crippen LogP contribution >= 0.6 is 0 Å². The minimum absolute atomic E-state index is 0.562. The SMILES string of the molecule is CCc1ccc(-n2c(C3CCCCC3)nc3c(C)nc(C)cc32)cc1. The van der Waals surface area contributed by atoms with Crippen LogP contribution in [0.3, 0.4) is 0 Å². The van der Waals surface area contributed by atoms with Crippen LogP contribution in [0, 0.1) is 13.8 Å². The third kappa shape index (κ3) is 2.97. The molecule has 3 nitrogen and oxygen atoms in total. The van der Waals surface area contributed by atoms with Gasteiger partial charge in [-0.15, -0.1) is 0 Å². The Kier molecular flexibility index (Phi) is 4.32. The van der Waals surface area contributed by atoms with Crippen LogP contribution in [0.15, 0.2) is 30.3 Å². The van der Waals surface area contributed by atoms with E-state index < -0.39 is 0 Å². The predicted molar refractivity (Wildman–Crippen MR) is 104 cm³/mol. The summed E-state index contributed by atoms with van der Waals surface area (Å²) in [6.45, 7) is 6.36. The molecule has 0 bridgehead atoms. The van der Waals surface area contributed by atoms with Gasteiger partial charge in [0.1, 0.15) is 11.3 Å². The number of hydrogen-bond acceptors (Lipinski definition) is 2. The summed E-state index contributed by atoms with van der Waals surface area (Å²) in [5, 5.41) is 0. The van der Waals surface area contributed by atoms with Crippen LogP contribution in [-0.4, -0.2) is 14.5 Å². The molecule has 0 unspecified atom stereocenters. The van der Waals surface area contributed by atoms with Crippen molar-refractivity contribution >= 4 is 11.0 Å². The third-order valence-electron chi connectivity index (χ3n) is 5.54. The summed E-state index contributed by atoms with van der Waals surface area (Å²) in [5.74, 6) is 1.79. The molecule has 1 saturated carbocycles. The molecule has 0 atom stereocenters. The van der Waals surface area contributed by atoms with E-state index in [0.29, 0.717) is 5.92 Å². The van der Waals surface area contributed by atoms with Crippen LogP contribution in [0.1, 0.15) is 67.7 Å². The first-order chi connectivity index (χ1) is 12.2. The van der Waals surface area contributed by atoms with E-state index in [-0.39, 0.29) is 0 Å². The number of fused-ring (bicyclic) bond motifs is 1. The molecule has 1 aliphatic rings. The fourth-order valence-corrected chi connectivity index (χ4v) is 4.18. The summed E-state index contributed by atoms with van der Waals surface area (Å²) in [5.41, 5.74) is 6.97. The maximum absolute atomic E-state index is 5.10. The lowest BCUT2D eigenvalue weighted by Gasteiger charge is -2.22. The molecule has 0 spiro atoms. The molecule has 0 aliphatic heterocycles. The van der Waals surface area contributed by atoms with Gasteiger partial charge in [-0.2, -0.15) is 0 Å². The number of aromatic nitrogens is 3. The zero-order valence-electron chi connectivity index (χ0n) is 15.5. The number of pyridine rings is 1. The molecule has 2 heterocycles. The number of benzene rings is 1. The number of rotatable bonds is 3. The highest BCUT2D eigenvalue weighted by Crippen LogP contribution is 2.36. The maximum atomic E-state index is 5.10. The van der Waals surface area contributed by atoms with Gasteiger partial charge in [-0.25, -0.2) is 4.98 Å². The summed E-state index contributed by atoms with van der Waals surface area (Å²) in [6.07, 6.45) is 7.58. The van der Waals surface area contributed by atoms with Crippen LogP contribution in [0.25, 0.3) is 16.7 Å². The van der Waals surface area contributed by atoms with Gasteiger partial charge in [0.2, 0.25) is 0 Å². The molecular formula is C22H27N3. The highest BCUT2D eigenvalue weighted by Gasteiger charge is 2.24. The summed E-state index contributed by atoms with van der Waals surface area (Å²) in [7, 11) is 0. The molecule has 3 aromatic rings. The van der Waals surface area contributed by atoms with Crippen molar-refractivity contribution in [3.8, 4) is 5.69 Å². The Hall–Kier alpha value is -2.16. The zero-order valence-corrected chi connectivity index (χ0v) is 15.5. The lowest BCUT2D eigenvalue weighted by molar-refractivity contribution is 0.426. The van der Waals surface area contributed by atoms with E-state index >= 15 is 0 Å². The average Bonchev–Trinajstić information content (AvgIpc) is 3.02. The van der Waals surface area contributed by atoms with Crippen molar-refractivity contribution in [2.75, 3.05) is 0 Å². The number of imidazole rings is 1. The smallest absolute Gasteiger partial charge is 0.117 e. The van der Waals surface area contributed by atoms with Crippen LogP contribution in [0.5, 0.6) is 0 Å². The van der Waals surface area contributed by atoms with Crippen LogP contribution in [0.4, 0.5) is 0 Å². The van der Waals surface area contributed by atoms with Gasteiger partial charge >= 0.3 is 0 Å². The van der Waals surface area contributed by atoms with Crippen LogP contribution in [-0.2, 0) is 6.42 Å². The van der Waals surface area contributed by atoms with E-state index in [1.54, 1.807) is 0 Å². The molecule has 130 valence electrons. The van der Waals surface area contributed by atoms with Gasteiger partial charge in [0.15, 0.2) is 0 Å². The van der Waals surface area contributed by atoms with Gasteiger partial charge in [0, 0.05) is 17.3 Å². The second-order valence-electron chi connectivity index (χ2n) is 7.38. The molecule has 2 aromatic heterocycles. The highest BCUT2D eigenvalue weighted by atomic mass is 15.1. The van der Waals surface area contributed by atoms with Gasteiger partial charge in [0.25, 0.3) is 0 Å². The minimum atomic E-state index is 0.562. The van der Waals surface area contributed by atoms with Crippen molar-refractivity contribution in [1.29, 1.82) is 0 Å². The Morgan fingerprint density at radius 1 is 1.00 bits per heavy atom. The Balaban J connectivity index is 1.94. The Bertz CT molecular complexity index is 884. The largest absolute Gasteiger partial charge is 0.296 e. The molecule has 3 heteroatoms. The Morgan fingerprint density at radius 2 is 1.72 bits per heavy atom. The maximum Gasteiger partial charge on any atom is 0.117 e. The lowest BCUT2D eigenvalue weighted by atomic mass is 9.88. The van der Waals surface area contributed by atoms with Crippen LogP contribution < -0.4 is 0 Å². The van der Waals surface area contributed by atoms with Gasteiger partial charge in [-0.05, 0) is 56.9 Å². The molecule has 0 saturated heterocycles. The van der Waals surface area contributed by atoms with E-state index in [2.05, 4.69) is 60.7 Å². The van der Waals surface area contributed by atoms with Crippen molar-refractivity contribution in [2.24, 2.45) is 0 Å². The number of aryl methyl sites for hydroxylation is 3. The van der Waals surface area contributed by atoms with E-state index in [0.717, 1.165) is 23.3 Å². The first-order valence-electron chi connectivity index (χ1n) is 9.63. The van der Waals surface area contributed by atoms with E-state index in [9.17, 15) is 0 Å². The Morgan fingerprint density at radius 3 is 2.40 bits per heavy atom. The van der Waals surface area contributed by atoms with Crippen molar-refractivity contribution in [3.63, 3.8) is 0 Å². The topological polar surface area (TPSA) is 30.7 Å². The normalized spacial score (nSPS) is 15.8. The quantitative estimate of drug-likeness (QED) is 0.620. The summed E-state index contributed by atoms with van der Waals surface area (Å²) in [4.78, 5) is 9.74. The van der Waals surface area contributed by atoms with E-state index in [4.69, 9.17) is 4.98 Å². The predicted octanol–water partition coefficient (Wildman–Crippen LogP) is 5.65. The van der Waals surface area contributed by atoms with Crippen LogP contribution in [0.2, 0.25) is 0 Å². The molecule has 0 amide bonds. The van der Waals surface area contributed by atoms with Crippen molar-refractivity contribution in [1.82, 2.24) is 14.5 Å². The van der Waals surface area contributed by atoms with Gasteiger partial charge < -0.3 is 0 Å². The summed E-state index contributed by atoms with van der Waals surface area (Å²) in [6, 6.07) is 11.2. The lowest BCUT2D eigenvalue weighted by Crippen LogP contribution is -2.11. The molecule has 0 radical (unpaired) electrons. The Labute approximate surface area is 150 Å². The summed E-state index contributed by atoms with van der Waals surface area (Å²) >= 11 is 0. The molecule has 4 rings (SSSR count). The average molecular weight is 333 g/mol. The van der Waals surface area contributed by atoms with Gasteiger partial charge in [-0.3, -0.25) is 9.55 Å². The van der Waals surface area contributed by atoms with Crippen molar-refractivity contribution in [2.45, 2.75) is 65.2 Å². The van der Waals surface area contributed by atoms with Gasteiger partial charge in [-0.1, -0.05) is 38.3 Å². The first-order valence-corrected chi connectivity index (χ1v) is 9.63. The zero-order chi connectivity index (χ0) is 17.4. The van der Waals surface area contributed by atoms with Gasteiger partial charge in [0.05, 0.1) is 11.2 Å². The second kappa shape index (κ2) is 6.62. The fourth-order valence-electron chi connectivity index (χ4n) is 4.18. The monoisotopic (exact) mass is 333 g/mol. The fraction of sp³-hybridized carbons (Fsp3) is 0.455. The first kappa shape index (κ1) is 16.3. The molecule has 0 N–H and O–H groups in total. The standard InChI is InChI=1S/C22H27N3/c1-4-17-10-12-19(13-11-17)25-20-14-15(2)23-16(3)21(20)24-22(25)18-8-6-5-7-9-18/h10-14,18H,4-9H2,1-3H3. The highest BCUT2D eigenvalue weighted by molar-refractivity contribution is 5.81. The van der Waals surface area contributed by atoms with E-state index in [1.807, 2.05) is 0 Å². The molecule has 1 fully saturated rings. The molecule has 1 aliphatic carbocycles. The van der Waals surface area contributed by atoms with Crippen molar-refractivity contribution < 1.29 is 0 Å². The van der Waals surface area contributed by atoms with Crippen molar-refractivity contribution in [3.05, 3.63) is 53.1 Å². The number of hydrogen-bond donors (Lipinski definition) is 0. The molecular weight excluding hydrogens is 306 g/mol.